The number of aliphatic hydroxyl groups is 2. The molecule has 2 heteroatoms. The van der Waals surface area contributed by atoms with Crippen LogP contribution in [0.5, 0.6) is 0 Å². The fourth-order valence-electron chi connectivity index (χ4n) is 0.845. The number of rotatable bonds is 5. The van der Waals surface area contributed by atoms with E-state index in [0.29, 0.717) is 0 Å². The van der Waals surface area contributed by atoms with E-state index in [2.05, 4.69) is 6.92 Å². The van der Waals surface area contributed by atoms with Crippen molar-refractivity contribution in [3.63, 3.8) is 0 Å². The third kappa shape index (κ3) is 4.77. The molecule has 0 radical (unpaired) electrons. The summed E-state index contributed by atoms with van der Waals surface area (Å²) in [6.07, 6.45) is 2.95. The zero-order valence-electron chi connectivity index (χ0n) is 6.88. The molecule has 10 heavy (non-hydrogen) atoms. The first-order chi connectivity index (χ1) is 4.68. The Morgan fingerprint density at radius 2 is 1.80 bits per heavy atom. The maximum atomic E-state index is 9.10. The quantitative estimate of drug-likeness (QED) is 0.574. The van der Waals surface area contributed by atoms with E-state index in [0.717, 1.165) is 25.7 Å². The molecule has 2 nitrogen and oxygen atoms in total. The van der Waals surface area contributed by atoms with Gasteiger partial charge in [-0.05, 0) is 13.3 Å². The van der Waals surface area contributed by atoms with Crippen molar-refractivity contribution in [1.82, 2.24) is 0 Å². The molecule has 2 N–H and O–H groups in total. The maximum absolute atomic E-state index is 9.10. The Balaban J connectivity index is 3.13. The molecule has 0 aliphatic rings. The van der Waals surface area contributed by atoms with E-state index in [1.54, 1.807) is 6.92 Å². The van der Waals surface area contributed by atoms with Gasteiger partial charge in [0.05, 0.1) is 12.2 Å². The molecule has 2 unspecified atom stereocenters. The van der Waals surface area contributed by atoms with Crippen LogP contribution in [-0.2, 0) is 0 Å². The predicted molar refractivity (Wildman–Crippen MR) is 41.8 cm³/mol. The Kier molecular flexibility index (Phi) is 5.64. The summed E-state index contributed by atoms with van der Waals surface area (Å²) in [5.74, 6) is 0. The fourth-order valence-corrected chi connectivity index (χ4v) is 0.845. The summed E-state index contributed by atoms with van der Waals surface area (Å²) in [5, 5.41) is 18.0. The number of aliphatic hydroxyl groups excluding tert-OH is 2. The van der Waals surface area contributed by atoms with Gasteiger partial charge in [0.15, 0.2) is 0 Å². The molecular weight excluding hydrogens is 128 g/mol. The normalized spacial score (nSPS) is 16.8. The van der Waals surface area contributed by atoms with Gasteiger partial charge in [-0.25, -0.2) is 0 Å². The molecule has 0 saturated carbocycles. The summed E-state index contributed by atoms with van der Waals surface area (Å²) in [4.78, 5) is 0. The van der Waals surface area contributed by atoms with Gasteiger partial charge in [0.1, 0.15) is 0 Å². The minimum Gasteiger partial charge on any atom is -0.391 e. The summed E-state index contributed by atoms with van der Waals surface area (Å²) < 4.78 is 0. The highest BCUT2D eigenvalue weighted by molar-refractivity contribution is 4.60. The highest BCUT2D eigenvalue weighted by Gasteiger charge is 2.08. The highest BCUT2D eigenvalue weighted by Crippen LogP contribution is 2.05. The molecular formula is C8H18O2. The molecule has 0 spiro atoms. The zero-order chi connectivity index (χ0) is 7.98. The number of unbranched alkanes of at least 4 members (excludes halogenated alkanes) is 2. The first-order valence-electron chi connectivity index (χ1n) is 4.04. The van der Waals surface area contributed by atoms with Gasteiger partial charge in [-0.3, -0.25) is 0 Å². The number of hydrogen-bond acceptors (Lipinski definition) is 2. The minimum atomic E-state index is -0.572. The van der Waals surface area contributed by atoms with Crippen LogP contribution in [-0.4, -0.2) is 22.4 Å². The number of hydrogen-bond donors (Lipinski definition) is 2. The van der Waals surface area contributed by atoms with Crippen molar-refractivity contribution in [3.8, 4) is 0 Å². The Labute approximate surface area is 62.9 Å². The summed E-state index contributed by atoms with van der Waals surface area (Å²) >= 11 is 0. The molecule has 0 amide bonds. The van der Waals surface area contributed by atoms with Crippen molar-refractivity contribution in [3.05, 3.63) is 0 Å². The second-order valence-corrected chi connectivity index (χ2v) is 2.80. The van der Waals surface area contributed by atoms with Crippen molar-refractivity contribution < 1.29 is 10.2 Å². The molecule has 0 bridgehead atoms. The molecule has 0 heterocycles. The van der Waals surface area contributed by atoms with Crippen LogP contribution in [0.4, 0.5) is 0 Å². The largest absolute Gasteiger partial charge is 0.391 e. The second-order valence-electron chi connectivity index (χ2n) is 2.80. The van der Waals surface area contributed by atoms with Crippen LogP contribution in [0.2, 0.25) is 0 Å². The SMILES string of the molecule is CCCCCC(O)C(C)O. The lowest BCUT2D eigenvalue weighted by atomic mass is 10.1. The summed E-state index contributed by atoms with van der Waals surface area (Å²) in [7, 11) is 0. The molecule has 0 fully saturated rings. The molecule has 0 aromatic heterocycles. The third-order valence-electron chi connectivity index (χ3n) is 1.66. The summed E-state index contributed by atoms with van der Waals surface area (Å²) in [5.41, 5.74) is 0. The maximum Gasteiger partial charge on any atom is 0.0796 e. The standard InChI is InChI=1S/C8H18O2/c1-3-4-5-6-8(10)7(2)9/h7-10H,3-6H2,1-2H3. The van der Waals surface area contributed by atoms with E-state index in [9.17, 15) is 0 Å². The van der Waals surface area contributed by atoms with Crippen molar-refractivity contribution in [1.29, 1.82) is 0 Å². The van der Waals surface area contributed by atoms with Crippen molar-refractivity contribution >= 4 is 0 Å². The lowest BCUT2D eigenvalue weighted by molar-refractivity contribution is 0.0247. The minimum absolute atomic E-state index is 0.522. The second kappa shape index (κ2) is 5.69. The summed E-state index contributed by atoms with van der Waals surface area (Å²) in [6, 6.07) is 0. The van der Waals surface area contributed by atoms with Crippen LogP contribution in [0, 0.1) is 0 Å². The van der Waals surface area contributed by atoms with Crippen LogP contribution in [0.1, 0.15) is 39.5 Å². The van der Waals surface area contributed by atoms with Gasteiger partial charge < -0.3 is 10.2 Å². The Morgan fingerprint density at radius 1 is 1.20 bits per heavy atom. The predicted octanol–water partition coefficient (Wildman–Crippen LogP) is 1.31. The first kappa shape index (κ1) is 9.92. The Hall–Kier alpha value is -0.0800. The molecule has 0 aromatic carbocycles. The molecule has 0 aliphatic heterocycles. The van der Waals surface area contributed by atoms with Crippen molar-refractivity contribution in [2.45, 2.75) is 51.7 Å². The van der Waals surface area contributed by atoms with Crippen molar-refractivity contribution in [2.75, 3.05) is 0 Å². The summed E-state index contributed by atoms with van der Waals surface area (Å²) in [6.45, 7) is 3.74. The van der Waals surface area contributed by atoms with E-state index in [1.165, 1.54) is 0 Å². The van der Waals surface area contributed by atoms with Gasteiger partial charge in [0.2, 0.25) is 0 Å². The first-order valence-corrected chi connectivity index (χ1v) is 4.04. The van der Waals surface area contributed by atoms with Crippen LogP contribution < -0.4 is 0 Å². The van der Waals surface area contributed by atoms with Gasteiger partial charge in [0, 0.05) is 0 Å². The lowest BCUT2D eigenvalue weighted by Gasteiger charge is -2.12. The molecule has 0 aromatic rings. The van der Waals surface area contributed by atoms with E-state index in [-0.39, 0.29) is 0 Å². The smallest absolute Gasteiger partial charge is 0.0796 e. The topological polar surface area (TPSA) is 40.5 Å². The highest BCUT2D eigenvalue weighted by atomic mass is 16.3. The van der Waals surface area contributed by atoms with Gasteiger partial charge in [-0.1, -0.05) is 26.2 Å². The van der Waals surface area contributed by atoms with Crippen molar-refractivity contribution in [2.24, 2.45) is 0 Å². The lowest BCUT2D eigenvalue weighted by Crippen LogP contribution is -2.21. The van der Waals surface area contributed by atoms with E-state index in [1.807, 2.05) is 0 Å². The van der Waals surface area contributed by atoms with Crippen LogP contribution >= 0.6 is 0 Å². The van der Waals surface area contributed by atoms with Gasteiger partial charge in [-0.2, -0.15) is 0 Å². The van der Waals surface area contributed by atoms with E-state index >= 15 is 0 Å². The molecule has 0 rings (SSSR count). The average Bonchev–Trinajstić information content (AvgIpc) is 1.88. The third-order valence-corrected chi connectivity index (χ3v) is 1.66. The zero-order valence-corrected chi connectivity index (χ0v) is 6.88. The Bertz CT molecular complexity index is 71.7. The van der Waals surface area contributed by atoms with Gasteiger partial charge >= 0.3 is 0 Å². The van der Waals surface area contributed by atoms with E-state index < -0.39 is 12.2 Å². The monoisotopic (exact) mass is 146 g/mol. The average molecular weight is 146 g/mol. The van der Waals surface area contributed by atoms with Crippen LogP contribution in [0.25, 0.3) is 0 Å². The fraction of sp³-hybridized carbons (Fsp3) is 1.00. The van der Waals surface area contributed by atoms with Gasteiger partial charge in [0.25, 0.3) is 0 Å². The molecule has 62 valence electrons. The van der Waals surface area contributed by atoms with E-state index in [4.69, 9.17) is 10.2 Å². The Morgan fingerprint density at radius 3 is 2.20 bits per heavy atom. The molecule has 2 atom stereocenters. The van der Waals surface area contributed by atoms with Crippen LogP contribution in [0.15, 0.2) is 0 Å². The van der Waals surface area contributed by atoms with Crippen LogP contribution in [0.3, 0.4) is 0 Å². The molecule has 0 aliphatic carbocycles. The molecule has 0 saturated heterocycles. The van der Waals surface area contributed by atoms with Gasteiger partial charge in [-0.15, -0.1) is 0 Å².